The van der Waals surface area contributed by atoms with Crippen LogP contribution in [0.15, 0.2) is 88.6 Å². The summed E-state index contributed by atoms with van der Waals surface area (Å²) in [5, 5.41) is 40.7. The molecular formula is C41H45BrClFN6O16S3. The van der Waals surface area contributed by atoms with Crippen molar-refractivity contribution in [3.63, 3.8) is 0 Å². The summed E-state index contributed by atoms with van der Waals surface area (Å²) in [6.07, 6.45) is -2.55. The summed E-state index contributed by atoms with van der Waals surface area (Å²) in [6.45, 7) is -2.98. The van der Waals surface area contributed by atoms with Crippen molar-refractivity contribution >= 4 is 63.5 Å². The number of aromatic nitrogens is 4. The number of amides is 1. The number of sulfone groups is 1. The second-order valence-electron chi connectivity index (χ2n) is 15.7. The molecule has 0 spiro atoms. The molecule has 1 amide bonds. The first-order valence-corrected chi connectivity index (χ1v) is 26.3. The molecule has 1 aliphatic rings. The lowest BCUT2D eigenvalue weighted by Gasteiger charge is -2.39. The summed E-state index contributed by atoms with van der Waals surface area (Å²) in [5.41, 5.74) is 3.31. The fraction of sp³-hybridized carbons (Fsp3) is 0.366. The molecule has 0 saturated carbocycles. The van der Waals surface area contributed by atoms with Crippen LogP contribution in [0, 0.1) is 0 Å². The number of alkyl halides is 1. The Morgan fingerprint density at radius 1 is 0.913 bits per heavy atom. The highest BCUT2D eigenvalue weighted by Gasteiger charge is 2.45. The van der Waals surface area contributed by atoms with Crippen molar-refractivity contribution in [2.24, 2.45) is 0 Å². The molecule has 6 N–H and O–H groups in total. The lowest BCUT2D eigenvalue weighted by molar-refractivity contribution is -0.250. The molecule has 0 unspecified atom stereocenters. The maximum Gasteiger partial charge on any atom is 0.286 e. The maximum atomic E-state index is 13.4. The van der Waals surface area contributed by atoms with Gasteiger partial charge in [0.15, 0.2) is 16.1 Å². The molecule has 6 rings (SSSR count). The van der Waals surface area contributed by atoms with Gasteiger partial charge in [0.1, 0.15) is 73.9 Å². The van der Waals surface area contributed by atoms with E-state index in [0.29, 0.717) is 32.6 Å². The van der Waals surface area contributed by atoms with E-state index in [1.54, 1.807) is 18.2 Å². The van der Waals surface area contributed by atoms with E-state index in [4.69, 9.17) is 30.5 Å². The predicted molar refractivity (Wildman–Crippen MR) is 246 cm³/mol. The van der Waals surface area contributed by atoms with E-state index in [-0.39, 0.29) is 47.8 Å². The molecule has 0 bridgehead atoms. The number of aliphatic hydroxyl groups excluding tert-OH is 3. The van der Waals surface area contributed by atoms with Crippen LogP contribution in [0.25, 0.3) is 11.1 Å². The van der Waals surface area contributed by atoms with Crippen molar-refractivity contribution in [1.82, 2.24) is 30.2 Å². The van der Waals surface area contributed by atoms with Crippen LogP contribution in [0.4, 0.5) is 4.39 Å². The van der Waals surface area contributed by atoms with Gasteiger partial charge in [-0.2, -0.15) is 16.8 Å². The van der Waals surface area contributed by atoms with Gasteiger partial charge in [0.25, 0.3) is 20.2 Å². The first kappa shape index (κ1) is 53.4. The third-order valence-electron chi connectivity index (χ3n) is 10.3. The van der Waals surface area contributed by atoms with Gasteiger partial charge in [0.05, 0.1) is 29.2 Å². The molecule has 0 radical (unpaired) electrons. The fourth-order valence-corrected chi connectivity index (χ4v) is 10.1. The fourth-order valence-electron chi connectivity index (χ4n) is 6.82. The number of benzene rings is 3. The lowest BCUT2D eigenvalue weighted by Crippen LogP contribution is -2.56. The van der Waals surface area contributed by atoms with E-state index in [1.807, 2.05) is 24.3 Å². The van der Waals surface area contributed by atoms with Crippen molar-refractivity contribution in [3.05, 3.63) is 111 Å². The average Bonchev–Trinajstić information content (AvgIpc) is 3.75. The van der Waals surface area contributed by atoms with Gasteiger partial charge in [-0.1, -0.05) is 47.1 Å². The normalized spacial score (nSPS) is 18.9. The highest BCUT2D eigenvalue weighted by atomic mass is 79.9. The molecule has 28 heteroatoms. The van der Waals surface area contributed by atoms with Crippen LogP contribution >= 0.6 is 27.5 Å². The number of rotatable bonds is 21. The number of carbonyl (C=O) groups excluding carboxylic acids is 1. The molecule has 5 atom stereocenters. The van der Waals surface area contributed by atoms with E-state index < -0.39 is 91.0 Å². The molecule has 1 aliphatic heterocycles. The zero-order chi connectivity index (χ0) is 50.4. The average molecular weight is 1110 g/mol. The van der Waals surface area contributed by atoms with Crippen molar-refractivity contribution < 1.29 is 77.8 Å². The number of nitrogens with zero attached hydrogens (tertiary/aromatic N) is 5. The molecule has 22 nitrogen and oxygen atoms in total. The Bertz CT molecular complexity index is 2960. The van der Waals surface area contributed by atoms with E-state index in [9.17, 15) is 58.9 Å². The van der Waals surface area contributed by atoms with Gasteiger partial charge in [-0.05, 0) is 58.4 Å². The molecule has 1 saturated heterocycles. The smallest absolute Gasteiger partial charge is 0.286 e. The molecule has 3 aromatic carbocycles. The van der Waals surface area contributed by atoms with Crippen molar-refractivity contribution in [2.45, 2.75) is 66.5 Å². The Hall–Kier alpha value is -4.91. The SMILES string of the molecule is CN(CC(=O)NCC(S(=O)(=O)O)S(=O)(=O)O)Cc1cc(Cl)c(OCc2cccc(-c3cccc(OCc4cn([C@@H]5O[C@H](CF)[C@@H](O)[C@H](O)[C@H]5O)nn4)c3)c2Br)cc1OCc1cncc(S(C)(=O)=O)c1. The number of aliphatic hydroxyl groups is 3. The van der Waals surface area contributed by atoms with Crippen LogP contribution in [-0.2, 0) is 66.0 Å². The van der Waals surface area contributed by atoms with Crippen LogP contribution < -0.4 is 19.5 Å². The molecular weight excluding hydrogens is 1060 g/mol. The van der Waals surface area contributed by atoms with Crippen LogP contribution in [-0.4, -0.2) is 143 Å². The molecule has 69 heavy (non-hydrogen) atoms. The topological polar surface area (TPSA) is 316 Å². The van der Waals surface area contributed by atoms with Crippen LogP contribution in [0.2, 0.25) is 5.02 Å². The van der Waals surface area contributed by atoms with Crippen LogP contribution in [0.3, 0.4) is 0 Å². The summed E-state index contributed by atoms with van der Waals surface area (Å²) < 4.78 is 125. The lowest BCUT2D eigenvalue weighted by atomic mass is 9.99. The molecule has 2 aromatic heterocycles. The van der Waals surface area contributed by atoms with E-state index in [1.165, 1.54) is 48.7 Å². The molecule has 374 valence electrons. The summed E-state index contributed by atoms with van der Waals surface area (Å²) in [6, 6.07) is 17.0. The summed E-state index contributed by atoms with van der Waals surface area (Å²) in [7, 11) is -12.7. The van der Waals surface area contributed by atoms with Gasteiger partial charge in [-0.3, -0.25) is 23.8 Å². The highest BCUT2D eigenvalue weighted by molar-refractivity contribution is 9.10. The minimum absolute atomic E-state index is 0.0191. The number of carbonyl (C=O) groups is 1. The summed E-state index contributed by atoms with van der Waals surface area (Å²) in [5.74, 6) is -0.0483. The van der Waals surface area contributed by atoms with Crippen LogP contribution in [0.1, 0.15) is 28.6 Å². The van der Waals surface area contributed by atoms with E-state index >= 15 is 0 Å². The first-order valence-electron chi connectivity index (χ1n) is 20.2. The van der Waals surface area contributed by atoms with Gasteiger partial charge in [0, 0.05) is 52.4 Å². The standard InChI is InChI=1S/C41H45BrClFN6O16S3/c1-49(19-35(51)46-16-36(68(57,58)59)69(60,61)62)17-26-11-31(43)33(12-32(26)64-20-23-9-29(15-45-14-23)67(2,55)56)65-21-25-6-4-8-30(37(25)42)24-5-3-7-28(10-24)63-22-27-18-50(48-47-27)41-40(54)39(53)38(52)34(13-44)66-41/h3-12,14-15,18,34,36,38-41,52-54H,13,16-17,19-22H2,1-2H3,(H,46,51)(H,57,58,59)(H,60,61,62)/t34-,38-,39+,40-,41-/m1/s1. The molecule has 3 heterocycles. The Balaban J connectivity index is 1.16. The van der Waals surface area contributed by atoms with Crippen molar-refractivity contribution in [1.29, 1.82) is 0 Å². The second kappa shape index (κ2) is 22.4. The summed E-state index contributed by atoms with van der Waals surface area (Å²) in [4.78, 5) is 18.1. The van der Waals surface area contributed by atoms with Gasteiger partial charge in [-0.25, -0.2) is 17.5 Å². The van der Waals surface area contributed by atoms with Crippen molar-refractivity contribution in [2.75, 3.05) is 33.1 Å². The quantitative estimate of drug-likeness (QED) is 0.0575. The molecule has 5 aromatic rings. The van der Waals surface area contributed by atoms with E-state index in [0.717, 1.165) is 22.1 Å². The minimum atomic E-state index is -5.29. The largest absolute Gasteiger partial charge is 0.488 e. The van der Waals surface area contributed by atoms with E-state index in [2.05, 4.69) is 36.5 Å². The Morgan fingerprint density at radius 2 is 1.62 bits per heavy atom. The zero-order valence-corrected chi connectivity index (χ0v) is 41.0. The Morgan fingerprint density at radius 3 is 2.32 bits per heavy atom. The first-order chi connectivity index (χ1) is 32.4. The second-order valence-corrected chi connectivity index (χ2v) is 22.4. The predicted octanol–water partition coefficient (Wildman–Crippen LogP) is 2.50. The number of halogens is 3. The third-order valence-corrected chi connectivity index (χ3v) is 15.8. The van der Waals surface area contributed by atoms with Crippen LogP contribution in [0.5, 0.6) is 17.2 Å². The van der Waals surface area contributed by atoms with Gasteiger partial charge in [0.2, 0.25) is 10.5 Å². The monoisotopic (exact) mass is 1110 g/mol. The number of hydrogen-bond donors (Lipinski definition) is 6. The minimum Gasteiger partial charge on any atom is -0.488 e. The van der Waals surface area contributed by atoms with Gasteiger partial charge >= 0.3 is 0 Å². The van der Waals surface area contributed by atoms with Gasteiger partial charge in [-0.15, -0.1) is 5.10 Å². The number of ether oxygens (including phenoxy) is 4. The number of likely N-dealkylation sites (N-methyl/N-ethyl adjacent to an activating group) is 1. The number of hydrogen-bond acceptors (Lipinski definition) is 18. The molecule has 0 aliphatic carbocycles. The number of pyridine rings is 1. The zero-order valence-electron chi connectivity index (χ0n) is 36.2. The van der Waals surface area contributed by atoms with Crippen molar-refractivity contribution in [3.8, 4) is 28.4 Å². The maximum absolute atomic E-state index is 13.4. The highest BCUT2D eigenvalue weighted by Crippen LogP contribution is 2.37. The number of nitrogens with one attached hydrogen (secondary N) is 1. The Kier molecular flexibility index (Phi) is 17.4. The summed E-state index contributed by atoms with van der Waals surface area (Å²) >= 11 is 10.4. The molecule has 1 fully saturated rings. The third kappa shape index (κ3) is 13.9. The van der Waals surface area contributed by atoms with Gasteiger partial charge < -0.3 is 39.6 Å². The Labute approximate surface area is 408 Å².